The summed E-state index contributed by atoms with van der Waals surface area (Å²) in [5.74, 6) is 6.95. The Bertz CT molecular complexity index is 3830. The Morgan fingerprint density at radius 3 is 0.494 bits per heavy atom. The molecule has 0 aliphatic heterocycles. The van der Waals surface area contributed by atoms with E-state index in [1.807, 2.05) is 91.0 Å². The van der Waals surface area contributed by atoms with Crippen LogP contribution < -0.4 is 47.4 Å². The largest absolute Gasteiger partial charge is 0.496 e. The lowest BCUT2D eigenvalue weighted by molar-refractivity contribution is 0.298. The zero-order chi connectivity index (χ0) is 58.3. The van der Waals surface area contributed by atoms with Crippen LogP contribution in [0.2, 0.25) is 0 Å². The van der Waals surface area contributed by atoms with E-state index in [0.29, 0.717) is 123 Å². The third kappa shape index (κ3) is 14.2. The monoisotopic (exact) mass is 1130 g/mol. The Balaban J connectivity index is 1.12. The van der Waals surface area contributed by atoms with Gasteiger partial charge in [0, 0.05) is 87.7 Å². The Kier molecular flexibility index (Phi) is 18.5. The normalized spacial score (nSPS) is 11.8. The second kappa shape index (κ2) is 27.5. The van der Waals surface area contributed by atoms with Crippen LogP contribution >= 0.6 is 0 Å². The predicted octanol–water partition coefficient (Wildman–Crippen LogP) is 15.9. The minimum absolute atomic E-state index is 0.341. The van der Waals surface area contributed by atoms with E-state index < -0.39 is 0 Å². The molecular weight excluding hydrogens is 1060 g/mol. The molecule has 0 atom stereocenters. The second-order valence-corrected chi connectivity index (χ2v) is 21.1. The van der Waals surface area contributed by atoms with Crippen molar-refractivity contribution in [3.63, 3.8) is 0 Å². The Morgan fingerprint density at radius 1 is 0.200 bits per heavy atom. The summed E-state index contributed by atoms with van der Waals surface area (Å²) < 4.78 is 66.2. The molecule has 0 heterocycles. The summed E-state index contributed by atoms with van der Waals surface area (Å²) in [4.78, 5) is 0. The van der Waals surface area contributed by atoms with Gasteiger partial charge in [-0.1, -0.05) is 152 Å². The smallest absolute Gasteiger partial charge is 0.123 e. The van der Waals surface area contributed by atoms with Gasteiger partial charge >= 0.3 is 0 Å². The molecule has 10 heteroatoms. The molecule has 0 radical (unpaired) electrons. The maximum atomic E-state index is 6.91. The lowest BCUT2D eigenvalue weighted by Gasteiger charge is -2.21. The minimum Gasteiger partial charge on any atom is -0.496 e. The highest BCUT2D eigenvalue weighted by molar-refractivity contribution is 5.60. The maximum absolute atomic E-state index is 6.91. The first-order valence-electron chi connectivity index (χ1n) is 28.7. The fourth-order valence-electron chi connectivity index (χ4n) is 10.9. The molecular formula is C75H70O10. The first-order chi connectivity index (χ1) is 41.8. The van der Waals surface area contributed by atoms with Gasteiger partial charge in [-0.15, -0.1) is 0 Å². The first kappa shape index (κ1) is 57.0. The molecule has 10 aromatic carbocycles. The van der Waals surface area contributed by atoms with E-state index in [2.05, 4.69) is 121 Å². The number of rotatable bonds is 20. The molecule has 0 aromatic heterocycles. The summed E-state index contributed by atoms with van der Waals surface area (Å²) in [5.41, 5.74) is 14.2. The van der Waals surface area contributed by atoms with E-state index in [4.69, 9.17) is 47.4 Å². The first-order valence-corrected chi connectivity index (χ1v) is 28.7. The summed E-state index contributed by atoms with van der Waals surface area (Å²) in [5, 5.41) is 0. The van der Waals surface area contributed by atoms with Crippen molar-refractivity contribution in [1.82, 2.24) is 0 Å². The highest BCUT2D eigenvalue weighted by Gasteiger charge is 2.25. The van der Waals surface area contributed by atoms with Gasteiger partial charge in [0.05, 0.1) is 35.5 Å². The van der Waals surface area contributed by atoms with Crippen LogP contribution in [-0.4, -0.2) is 35.5 Å². The highest BCUT2D eigenvalue weighted by Crippen LogP contribution is 2.43. The number of hydrogen-bond acceptors (Lipinski definition) is 10. The third-order valence-electron chi connectivity index (χ3n) is 15.4. The Hall–Kier alpha value is -9.80. The van der Waals surface area contributed by atoms with Crippen molar-refractivity contribution in [3.8, 4) is 57.5 Å². The van der Waals surface area contributed by atoms with Crippen LogP contribution in [0.1, 0.15) is 83.5 Å². The van der Waals surface area contributed by atoms with Crippen LogP contribution in [0.5, 0.6) is 57.5 Å². The van der Waals surface area contributed by atoms with Crippen LogP contribution in [0.15, 0.2) is 212 Å². The van der Waals surface area contributed by atoms with Gasteiger partial charge in [-0.3, -0.25) is 0 Å². The average Bonchev–Trinajstić information content (AvgIpc) is 3.65. The van der Waals surface area contributed by atoms with Gasteiger partial charge < -0.3 is 47.4 Å². The van der Waals surface area contributed by atoms with Crippen molar-refractivity contribution in [2.24, 2.45) is 0 Å². The van der Waals surface area contributed by atoms with Gasteiger partial charge in [0.15, 0.2) is 0 Å². The van der Waals surface area contributed by atoms with Crippen molar-refractivity contribution >= 4 is 0 Å². The molecule has 10 nitrogen and oxygen atoms in total. The zero-order valence-corrected chi connectivity index (χ0v) is 48.9. The maximum Gasteiger partial charge on any atom is 0.123 e. The van der Waals surface area contributed by atoms with Crippen molar-refractivity contribution in [1.29, 1.82) is 0 Å². The molecule has 10 bridgehead atoms. The molecule has 430 valence electrons. The molecule has 0 saturated carbocycles. The minimum atomic E-state index is 0.341. The summed E-state index contributed by atoms with van der Waals surface area (Å²) in [7, 11) is 8.55. The van der Waals surface area contributed by atoms with Gasteiger partial charge in [-0.05, 0) is 88.5 Å². The topological polar surface area (TPSA) is 92.3 Å². The van der Waals surface area contributed by atoms with Gasteiger partial charge in [0.1, 0.15) is 90.5 Å². The number of benzene rings is 10. The zero-order valence-electron chi connectivity index (χ0n) is 48.9. The van der Waals surface area contributed by atoms with Crippen LogP contribution in [0.3, 0.4) is 0 Å². The van der Waals surface area contributed by atoms with E-state index in [-0.39, 0.29) is 0 Å². The second-order valence-electron chi connectivity index (χ2n) is 21.1. The third-order valence-corrected chi connectivity index (χ3v) is 15.4. The number of ether oxygens (including phenoxy) is 10. The molecule has 0 amide bonds. The van der Waals surface area contributed by atoms with Crippen molar-refractivity contribution < 1.29 is 47.4 Å². The molecule has 0 fully saturated rings. The van der Waals surface area contributed by atoms with Gasteiger partial charge in [-0.2, -0.15) is 0 Å². The van der Waals surface area contributed by atoms with Gasteiger partial charge in [-0.25, -0.2) is 0 Å². The van der Waals surface area contributed by atoms with Gasteiger partial charge in [0.2, 0.25) is 0 Å². The quantitative estimate of drug-likeness (QED) is 0.0735. The molecule has 20 rings (SSSR count). The van der Waals surface area contributed by atoms with Crippen molar-refractivity contribution in [3.05, 3.63) is 296 Å². The molecule has 10 aliphatic rings. The van der Waals surface area contributed by atoms with E-state index in [9.17, 15) is 0 Å². The fraction of sp³-hybridized carbons (Fsp3) is 0.200. The lowest BCUT2D eigenvalue weighted by Crippen LogP contribution is -2.07. The van der Waals surface area contributed by atoms with E-state index in [0.717, 1.165) is 83.5 Å². The van der Waals surface area contributed by atoms with Crippen molar-refractivity contribution in [2.75, 3.05) is 35.5 Å². The van der Waals surface area contributed by atoms with Crippen molar-refractivity contribution in [2.45, 2.75) is 65.1 Å². The highest BCUT2D eigenvalue weighted by atomic mass is 16.5. The Labute approximate surface area is 499 Å². The molecule has 0 N–H and O–H groups in total. The molecule has 10 aromatic rings. The van der Waals surface area contributed by atoms with Gasteiger partial charge in [0.25, 0.3) is 0 Å². The summed E-state index contributed by atoms with van der Waals surface area (Å²) in [6.45, 7) is 1.71. The Morgan fingerprint density at radius 2 is 0.341 bits per heavy atom. The SMILES string of the molecule is COc1cc2c(OCc3ccccc3)cc1Cc1cc(OCc3ccccc3)c(cc1OC)Cc1cc(OC)c(cc1OCc1ccccc1)Cc1cc(OC)c(cc1OCc1ccccc1)Cc1cc(OC)c(cc1OCc1ccccc1)C2. The standard InChI is InChI=1S/C75H70O10/c1-76-66-36-61-32-58-43-72(82-47-52-23-13-7-14-24-52)62(37-68(58)78-3)33-59-44-73(83-48-53-25-15-8-16-26-53)63(38-69(59)79-4)34-60-45-75(85-50-55-29-19-10-20-30-55)65(40-70(60)80-5)35-64-39-67(77-2)57(42-74(64)84-49-54-27-17-9-18-28-54)31-56(66)41-71(61)81-46-51-21-11-6-12-22-51/h6-30,36-45H,31-35,46-50H2,1-5H3. The fourth-order valence-corrected chi connectivity index (χ4v) is 10.9. The molecule has 85 heavy (non-hydrogen) atoms. The number of hydrogen-bond donors (Lipinski definition) is 0. The summed E-state index contributed by atoms with van der Waals surface area (Å²) in [6.07, 6.45) is 2.13. The van der Waals surface area contributed by atoms with Crippen LogP contribution in [0.25, 0.3) is 0 Å². The van der Waals surface area contributed by atoms with E-state index >= 15 is 0 Å². The molecule has 0 unspecified atom stereocenters. The number of methoxy groups -OCH3 is 5. The van der Waals surface area contributed by atoms with E-state index in [1.165, 1.54) is 0 Å². The molecule has 0 saturated heterocycles. The van der Waals surface area contributed by atoms with Crippen LogP contribution in [0.4, 0.5) is 0 Å². The van der Waals surface area contributed by atoms with Crippen LogP contribution in [0, 0.1) is 0 Å². The predicted molar refractivity (Wildman–Crippen MR) is 333 cm³/mol. The molecule has 10 aliphatic carbocycles. The summed E-state index contributed by atoms with van der Waals surface area (Å²) >= 11 is 0. The van der Waals surface area contributed by atoms with Crippen LogP contribution in [-0.2, 0) is 65.1 Å². The van der Waals surface area contributed by atoms with E-state index in [1.54, 1.807) is 35.5 Å². The molecule has 0 spiro atoms. The average molecular weight is 1130 g/mol. The summed E-state index contributed by atoms with van der Waals surface area (Å²) in [6, 6.07) is 71.9. The lowest BCUT2D eigenvalue weighted by atomic mass is 9.94.